The van der Waals surface area contributed by atoms with Crippen molar-refractivity contribution in [2.75, 3.05) is 35.3 Å². The molecular weight excluding hydrogens is 342 g/mol. The molecule has 0 radical (unpaired) electrons. The first-order chi connectivity index (χ1) is 12.8. The molecule has 0 spiro atoms. The summed E-state index contributed by atoms with van der Waals surface area (Å²) in [6.45, 7) is 2.00. The Bertz CT molecular complexity index is 1100. The van der Waals surface area contributed by atoms with E-state index in [0.717, 1.165) is 63.6 Å². The van der Waals surface area contributed by atoms with Crippen LogP contribution in [0.4, 0.5) is 5.69 Å². The van der Waals surface area contributed by atoms with Gasteiger partial charge in [-0.15, -0.1) is 0 Å². The SMILES string of the molecule is Nc1c(-c2nc3ccccc3n2N2CCSCC2)cnc2ccccc12. The van der Waals surface area contributed by atoms with E-state index in [1.165, 1.54) is 0 Å². The highest BCUT2D eigenvalue weighted by molar-refractivity contribution is 7.99. The van der Waals surface area contributed by atoms with E-state index in [4.69, 9.17) is 10.7 Å². The first kappa shape index (κ1) is 15.5. The Morgan fingerprint density at radius 3 is 2.50 bits per heavy atom. The van der Waals surface area contributed by atoms with E-state index in [1.54, 1.807) is 0 Å². The Balaban J connectivity index is 1.77. The number of para-hydroxylation sites is 3. The molecule has 1 aliphatic heterocycles. The number of nitrogen functional groups attached to an aromatic ring is 1. The van der Waals surface area contributed by atoms with Crippen LogP contribution in [0.3, 0.4) is 0 Å². The summed E-state index contributed by atoms with van der Waals surface area (Å²) >= 11 is 2.00. The van der Waals surface area contributed by atoms with E-state index >= 15 is 0 Å². The Morgan fingerprint density at radius 2 is 1.65 bits per heavy atom. The number of aromatic nitrogens is 3. The van der Waals surface area contributed by atoms with Gasteiger partial charge in [0.2, 0.25) is 0 Å². The van der Waals surface area contributed by atoms with Crippen molar-refractivity contribution in [1.82, 2.24) is 14.6 Å². The lowest BCUT2D eigenvalue weighted by molar-refractivity contribution is 0.638. The zero-order valence-electron chi connectivity index (χ0n) is 14.3. The number of rotatable bonds is 2. The fourth-order valence-corrected chi connectivity index (χ4v) is 4.45. The third kappa shape index (κ3) is 2.41. The van der Waals surface area contributed by atoms with Crippen molar-refractivity contribution in [3.05, 3.63) is 54.7 Å². The quantitative estimate of drug-likeness (QED) is 0.592. The van der Waals surface area contributed by atoms with Gasteiger partial charge in [-0.1, -0.05) is 30.3 Å². The van der Waals surface area contributed by atoms with E-state index < -0.39 is 0 Å². The lowest BCUT2D eigenvalue weighted by Crippen LogP contribution is -2.41. The van der Waals surface area contributed by atoms with E-state index in [-0.39, 0.29) is 0 Å². The number of hydrogen-bond acceptors (Lipinski definition) is 5. The number of benzene rings is 2. The fraction of sp³-hybridized carbons (Fsp3) is 0.200. The minimum absolute atomic E-state index is 0.735. The number of imidazole rings is 1. The molecule has 0 unspecified atom stereocenters. The van der Waals surface area contributed by atoms with Crippen LogP contribution < -0.4 is 10.7 Å². The second kappa shape index (κ2) is 6.21. The normalized spacial score (nSPS) is 15.0. The molecule has 3 heterocycles. The molecule has 1 saturated heterocycles. The lowest BCUT2D eigenvalue weighted by Gasteiger charge is -2.31. The van der Waals surface area contributed by atoms with E-state index in [9.17, 15) is 0 Å². The Labute approximate surface area is 155 Å². The molecule has 130 valence electrons. The van der Waals surface area contributed by atoms with Gasteiger partial charge in [0.15, 0.2) is 5.82 Å². The minimum atomic E-state index is 0.735. The smallest absolute Gasteiger partial charge is 0.163 e. The molecule has 0 atom stereocenters. The van der Waals surface area contributed by atoms with Gasteiger partial charge in [0.05, 0.1) is 27.8 Å². The van der Waals surface area contributed by atoms with Crippen molar-refractivity contribution in [3.8, 4) is 11.4 Å². The maximum atomic E-state index is 6.56. The summed E-state index contributed by atoms with van der Waals surface area (Å²) in [5, 5.41) is 3.34. The summed E-state index contributed by atoms with van der Waals surface area (Å²) < 4.78 is 2.23. The van der Waals surface area contributed by atoms with E-state index in [1.807, 2.05) is 48.3 Å². The first-order valence-corrected chi connectivity index (χ1v) is 9.92. The fourth-order valence-electron chi connectivity index (χ4n) is 3.57. The molecule has 1 fully saturated rings. The Kier molecular flexibility index (Phi) is 3.71. The van der Waals surface area contributed by atoms with Crippen LogP contribution in [0.25, 0.3) is 33.3 Å². The summed E-state index contributed by atoms with van der Waals surface area (Å²) in [7, 11) is 0. The number of anilines is 1. The van der Waals surface area contributed by atoms with E-state index in [0.29, 0.717) is 0 Å². The van der Waals surface area contributed by atoms with Gasteiger partial charge in [0.1, 0.15) is 0 Å². The molecule has 5 nitrogen and oxygen atoms in total. The van der Waals surface area contributed by atoms with Gasteiger partial charge in [0, 0.05) is 36.2 Å². The van der Waals surface area contributed by atoms with Crippen molar-refractivity contribution in [2.24, 2.45) is 0 Å². The average Bonchev–Trinajstić information content (AvgIpc) is 3.08. The van der Waals surface area contributed by atoms with Crippen LogP contribution in [0.15, 0.2) is 54.7 Å². The van der Waals surface area contributed by atoms with Crippen LogP contribution in [-0.4, -0.2) is 39.2 Å². The molecule has 2 aromatic heterocycles. The third-order valence-corrected chi connectivity index (χ3v) is 5.81. The molecule has 6 heteroatoms. The number of nitrogens with zero attached hydrogens (tertiary/aromatic N) is 4. The van der Waals surface area contributed by atoms with Crippen molar-refractivity contribution >= 4 is 39.4 Å². The zero-order chi connectivity index (χ0) is 17.5. The average molecular weight is 361 g/mol. The van der Waals surface area contributed by atoms with Gasteiger partial charge < -0.3 is 10.7 Å². The standard InChI is InChI=1S/C20H19N5S/c21-19-14-5-1-2-6-16(14)22-13-15(19)20-23-17-7-3-4-8-18(17)25(20)24-9-11-26-12-10-24/h1-8,13H,9-12H2,(H2,21,22). The topological polar surface area (TPSA) is 60.0 Å². The number of thioether (sulfide) groups is 1. The summed E-state index contributed by atoms with van der Waals surface area (Å²) in [6.07, 6.45) is 1.86. The van der Waals surface area contributed by atoms with Gasteiger partial charge in [-0.25, -0.2) is 9.66 Å². The van der Waals surface area contributed by atoms with Gasteiger partial charge in [0.25, 0.3) is 0 Å². The summed E-state index contributed by atoms with van der Waals surface area (Å²) in [5.41, 5.74) is 11.2. The highest BCUT2D eigenvalue weighted by atomic mass is 32.2. The highest BCUT2D eigenvalue weighted by Gasteiger charge is 2.21. The van der Waals surface area contributed by atoms with Gasteiger partial charge in [-0.3, -0.25) is 4.98 Å². The van der Waals surface area contributed by atoms with Crippen LogP contribution in [0, 0.1) is 0 Å². The van der Waals surface area contributed by atoms with Gasteiger partial charge >= 0.3 is 0 Å². The number of pyridine rings is 1. The molecule has 26 heavy (non-hydrogen) atoms. The maximum absolute atomic E-state index is 6.56. The van der Waals surface area contributed by atoms with Crippen LogP contribution in [0.1, 0.15) is 0 Å². The lowest BCUT2D eigenvalue weighted by atomic mass is 10.1. The largest absolute Gasteiger partial charge is 0.398 e. The number of hydrogen-bond donors (Lipinski definition) is 1. The predicted molar refractivity (Wildman–Crippen MR) is 110 cm³/mol. The molecule has 1 aliphatic rings. The van der Waals surface area contributed by atoms with E-state index in [2.05, 4.69) is 32.9 Å². The predicted octanol–water partition coefficient (Wildman–Crippen LogP) is 3.52. The molecule has 5 rings (SSSR count). The van der Waals surface area contributed by atoms with Crippen LogP contribution >= 0.6 is 11.8 Å². The van der Waals surface area contributed by atoms with Crippen LogP contribution in [-0.2, 0) is 0 Å². The van der Waals surface area contributed by atoms with Crippen molar-refractivity contribution in [2.45, 2.75) is 0 Å². The summed E-state index contributed by atoms with van der Waals surface area (Å²) in [5.74, 6) is 3.11. The summed E-state index contributed by atoms with van der Waals surface area (Å²) in [6, 6.07) is 16.2. The third-order valence-electron chi connectivity index (χ3n) is 4.87. The first-order valence-electron chi connectivity index (χ1n) is 8.77. The number of fused-ring (bicyclic) bond motifs is 2. The van der Waals surface area contributed by atoms with Gasteiger partial charge in [-0.05, 0) is 18.2 Å². The summed E-state index contributed by atoms with van der Waals surface area (Å²) in [4.78, 5) is 9.54. The molecule has 4 aromatic rings. The second-order valence-corrected chi connectivity index (χ2v) is 7.63. The molecule has 0 aliphatic carbocycles. The molecule has 0 amide bonds. The minimum Gasteiger partial charge on any atom is -0.398 e. The highest BCUT2D eigenvalue weighted by Crippen LogP contribution is 2.33. The van der Waals surface area contributed by atoms with Gasteiger partial charge in [-0.2, -0.15) is 11.8 Å². The second-order valence-electron chi connectivity index (χ2n) is 6.40. The molecule has 2 N–H and O–H groups in total. The molecule has 0 saturated carbocycles. The molecule has 2 aromatic carbocycles. The molecular formula is C20H19N5S. The zero-order valence-corrected chi connectivity index (χ0v) is 15.1. The van der Waals surface area contributed by atoms with Crippen LogP contribution in [0.5, 0.6) is 0 Å². The number of nitrogens with two attached hydrogens (primary N) is 1. The Hall–Kier alpha value is -2.73. The van der Waals surface area contributed by atoms with Crippen molar-refractivity contribution in [3.63, 3.8) is 0 Å². The van der Waals surface area contributed by atoms with Crippen molar-refractivity contribution in [1.29, 1.82) is 0 Å². The van der Waals surface area contributed by atoms with Crippen molar-refractivity contribution < 1.29 is 0 Å². The monoisotopic (exact) mass is 361 g/mol. The Morgan fingerprint density at radius 1 is 0.923 bits per heavy atom. The van der Waals surface area contributed by atoms with Crippen LogP contribution in [0.2, 0.25) is 0 Å². The molecule has 0 bridgehead atoms. The maximum Gasteiger partial charge on any atom is 0.163 e.